The van der Waals surface area contributed by atoms with Crippen LogP contribution in [0.4, 0.5) is 5.69 Å². The molecule has 2 aromatic carbocycles. The fraction of sp³-hybridized carbons (Fsp3) is 0.417. The maximum Gasteiger partial charge on any atom is 0.243 e. The Labute approximate surface area is 209 Å². The van der Waals surface area contributed by atoms with E-state index in [0.717, 1.165) is 44.0 Å². The average molecular weight is 505 g/mol. The molecule has 1 N–H and O–H groups in total. The molecule has 2 saturated heterocycles. The van der Waals surface area contributed by atoms with E-state index in [2.05, 4.69) is 38.2 Å². The Hall–Kier alpha value is -1.77. The first kappa shape index (κ1) is 23.0. The zero-order valence-corrected chi connectivity index (χ0v) is 20.5. The quantitative estimate of drug-likeness (QED) is 0.488. The molecular formula is C24H26Cl2N4O2S. The van der Waals surface area contributed by atoms with E-state index in [-0.39, 0.29) is 23.2 Å². The average Bonchev–Trinajstić information content (AvgIpc) is 3.12. The van der Waals surface area contributed by atoms with Gasteiger partial charge in [0.05, 0.1) is 21.5 Å². The summed E-state index contributed by atoms with van der Waals surface area (Å²) in [5.74, 6) is -0.400. The molecule has 0 bridgehead atoms. The van der Waals surface area contributed by atoms with Gasteiger partial charge in [0.25, 0.3) is 0 Å². The van der Waals surface area contributed by atoms with E-state index in [1.807, 2.05) is 18.2 Å². The predicted octanol–water partition coefficient (Wildman–Crippen LogP) is 3.86. The monoisotopic (exact) mass is 504 g/mol. The number of nitrogens with zero attached hydrogens (tertiary/aromatic N) is 3. The molecule has 174 valence electrons. The van der Waals surface area contributed by atoms with Crippen LogP contribution in [0.2, 0.25) is 10.0 Å². The van der Waals surface area contributed by atoms with E-state index >= 15 is 0 Å². The van der Waals surface area contributed by atoms with Crippen LogP contribution in [0.15, 0.2) is 36.4 Å². The first-order chi connectivity index (χ1) is 15.9. The molecule has 9 heteroatoms. The van der Waals surface area contributed by atoms with E-state index < -0.39 is 0 Å². The van der Waals surface area contributed by atoms with Gasteiger partial charge in [-0.1, -0.05) is 41.4 Å². The number of rotatable bonds is 4. The molecule has 0 aliphatic carbocycles. The third-order valence-electron chi connectivity index (χ3n) is 6.81. The third kappa shape index (κ3) is 4.75. The lowest BCUT2D eigenvalue weighted by Crippen LogP contribution is -2.51. The number of hydrogen-bond acceptors (Lipinski definition) is 6. The Morgan fingerprint density at radius 1 is 1.00 bits per heavy atom. The molecule has 33 heavy (non-hydrogen) atoms. The number of carbonyl (C=O) groups is 2. The van der Waals surface area contributed by atoms with Crippen LogP contribution in [-0.4, -0.2) is 53.8 Å². The maximum absolute atomic E-state index is 12.4. The van der Waals surface area contributed by atoms with Gasteiger partial charge in [-0.3, -0.25) is 24.7 Å². The summed E-state index contributed by atoms with van der Waals surface area (Å²) in [4.78, 5) is 30.7. The van der Waals surface area contributed by atoms with Crippen LogP contribution in [0.25, 0.3) is 0 Å². The van der Waals surface area contributed by atoms with Gasteiger partial charge in [0.1, 0.15) is 0 Å². The number of anilines is 1. The number of halogens is 2. The SMILES string of the molecule is O=C1CCC(N2Cc3ccc(CN4CCN(c5ccc(Cl)c(Cl)c5)CC4)cc3C2S)C(=O)N1. The van der Waals surface area contributed by atoms with E-state index in [1.165, 1.54) is 11.1 Å². The Bertz CT molecular complexity index is 1090. The topological polar surface area (TPSA) is 55.9 Å². The zero-order valence-electron chi connectivity index (χ0n) is 18.1. The zero-order chi connectivity index (χ0) is 23.1. The summed E-state index contributed by atoms with van der Waals surface area (Å²) in [7, 11) is 0. The molecular weight excluding hydrogens is 479 g/mol. The molecule has 5 rings (SSSR count). The largest absolute Gasteiger partial charge is 0.369 e. The van der Waals surface area contributed by atoms with Crippen LogP contribution in [0.5, 0.6) is 0 Å². The van der Waals surface area contributed by atoms with Crippen molar-refractivity contribution in [1.29, 1.82) is 0 Å². The van der Waals surface area contributed by atoms with E-state index in [4.69, 9.17) is 35.8 Å². The van der Waals surface area contributed by atoms with Crippen LogP contribution in [0.3, 0.4) is 0 Å². The Balaban J connectivity index is 1.21. The molecule has 6 nitrogen and oxygen atoms in total. The molecule has 2 amide bonds. The van der Waals surface area contributed by atoms with Crippen molar-refractivity contribution in [3.8, 4) is 0 Å². The lowest BCUT2D eigenvalue weighted by Gasteiger charge is -2.36. The van der Waals surface area contributed by atoms with Crippen molar-refractivity contribution in [3.05, 3.63) is 63.1 Å². The highest BCUT2D eigenvalue weighted by Crippen LogP contribution is 2.39. The molecule has 0 spiro atoms. The van der Waals surface area contributed by atoms with Crippen molar-refractivity contribution < 1.29 is 9.59 Å². The minimum atomic E-state index is -0.310. The van der Waals surface area contributed by atoms with Crippen LogP contribution in [0.1, 0.15) is 34.9 Å². The lowest BCUT2D eigenvalue weighted by atomic mass is 10.0. The fourth-order valence-corrected chi connectivity index (χ4v) is 5.75. The van der Waals surface area contributed by atoms with Gasteiger partial charge in [0.15, 0.2) is 0 Å². The van der Waals surface area contributed by atoms with E-state index in [9.17, 15) is 9.59 Å². The summed E-state index contributed by atoms with van der Waals surface area (Å²) < 4.78 is 0. The molecule has 2 fully saturated rings. The summed E-state index contributed by atoms with van der Waals surface area (Å²) in [5.41, 5.74) is 4.72. The molecule has 2 atom stereocenters. The smallest absolute Gasteiger partial charge is 0.243 e. The van der Waals surface area contributed by atoms with Crippen molar-refractivity contribution in [1.82, 2.24) is 15.1 Å². The number of hydrogen-bond donors (Lipinski definition) is 2. The van der Waals surface area contributed by atoms with Crippen LogP contribution in [-0.2, 0) is 22.7 Å². The standard InChI is InChI=1S/C24H26Cl2N4O2S/c25-19-4-3-17(12-20(19)26)29-9-7-28(8-10-29)13-15-1-2-16-14-30(24(33)18(16)11-15)21-5-6-22(31)27-23(21)32/h1-4,11-12,21,24,33H,5-10,13-14H2,(H,27,31,32). The first-order valence-corrected chi connectivity index (χ1v) is 12.5. The number of piperidine rings is 1. The highest BCUT2D eigenvalue weighted by molar-refractivity contribution is 7.80. The van der Waals surface area contributed by atoms with Gasteiger partial charge in [-0.05, 0) is 41.3 Å². The number of thiol groups is 1. The number of carbonyl (C=O) groups excluding carboxylic acids is 2. The molecule has 0 radical (unpaired) electrons. The summed E-state index contributed by atoms with van der Waals surface area (Å²) in [6.45, 7) is 5.34. The Kier molecular flexibility index (Phi) is 6.60. The molecule has 0 aromatic heterocycles. The molecule has 2 aromatic rings. The molecule has 0 saturated carbocycles. The van der Waals surface area contributed by atoms with Crippen molar-refractivity contribution in [2.75, 3.05) is 31.1 Å². The highest BCUT2D eigenvalue weighted by atomic mass is 35.5. The summed E-state index contributed by atoms with van der Waals surface area (Å²) in [6, 6.07) is 12.1. The van der Waals surface area contributed by atoms with Crippen molar-refractivity contribution in [2.24, 2.45) is 0 Å². The van der Waals surface area contributed by atoms with E-state index in [0.29, 0.717) is 29.4 Å². The molecule has 3 heterocycles. The van der Waals surface area contributed by atoms with E-state index in [1.54, 1.807) is 0 Å². The van der Waals surface area contributed by atoms with Crippen LogP contribution >= 0.6 is 35.8 Å². The molecule has 3 aliphatic heterocycles. The van der Waals surface area contributed by atoms with Crippen molar-refractivity contribution in [3.63, 3.8) is 0 Å². The normalized spacial score (nSPS) is 24.2. The number of piperazine rings is 1. The fourth-order valence-electron chi connectivity index (χ4n) is 4.97. The van der Waals surface area contributed by atoms with Crippen molar-refractivity contribution in [2.45, 2.75) is 37.3 Å². The lowest BCUT2D eigenvalue weighted by molar-refractivity contribution is -0.137. The Morgan fingerprint density at radius 2 is 1.79 bits per heavy atom. The summed E-state index contributed by atoms with van der Waals surface area (Å²) in [6.07, 6.45) is 0.925. The number of amides is 2. The van der Waals surface area contributed by atoms with Crippen molar-refractivity contribution >= 4 is 53.3 Å². The first-order valence-electron chi connectivity index (χ1n) is 11.2. The van der Waals surface area contributed by atoms with Crippen LogP contribution < -0.4 is 10.2 Å². The van der Waals surface area contributed by atoms with Gasteiger partial charge >= 0.3 is 0 Å². The van der Waals surface area contributed by atoms with Crippen LogP contribution in [0, 0.1) is 0 Å². The highest BCUT2D eigenvalue weighted by Gasteiger charge is 2.39. The number of fused-ring (bicyclic) bond motifs is 1. The number of imide groups is 1. The van der Waals surface area contributed by atoms with Gasteiger partial charge in [-0.15, -0.1) is 0 Å². The van der Waals surface area contributed by atoms with Gasteiger partial charge in [-0.2, -0.15) is 12.6 Å². The molecule has 3 aliphatic rings. The Morgan fingerprint density at radius 3 is 2.52 bits per heavy atom. The number of benzene rings is 2. The third-order valence-corrected chi connectivity index (χ3v) is 8.13. The molecule has 2 unspecified atom stereocenters. The van der Waals surface area contributed by atoms with Gasteiger partial charge < -0.3 is 4.90 Å². The minimum absolute atomic E-state index is 0.143. The van der Waals surface area contributed by atoms with Gasteiger partial charge in [0.2, 0.25) is 11.8 Å². The second kappa shape index (κ2) is 9.47. The maximum atomic E-state index is 12.4. The second-order valence-corrected chi connectivity index (χ2v) is 10.2. The summed E-state index contributed by atoms with van der Waals surface area (Å²) in [5, 5.41) is 3.48. The predicted molar refractivity (Wildman–Crippen MR) is 134 cm³/mol. The number of nitrogens with one attached hydrogen (secondary N) is 1. The second-order valence-electron chi connectivity index (χ2n) is 8.91. The van der Waals surface area contributed by atoms with Gasteiger partial charge in [-0.25, -0.2) is 0 Å². The van der Waals surface area contributed by atoms with Gasteiger partial charge in [0, 0.05) is 51.4 Å². The minimum Gasteiger partial charge on any atom is -0.369 e. The summed E-state index contributed by atoms with van der Waals surface area (Å²) >= 11 is 17.1.